The number of benzene rings is 2. The van der Waals surface area contributed by atoms with Crippen LogP contribution in [0, 0.1) is 0 Å². The van der Waals surface area contributed by atoms with Crippen molar-refractivity contribution in [2.75, 3.05) is 18.5 Å². The van der Waals surface area contributed by atoms with Crippen molar-refractivity contribution in [3.8, 4) is 5.75 Å². The summed E-state index contributed by atoms with van der Waals surface area (Å²) in [6.45, 7) is 0.990. The molecule has 1 aromatic heterocycles. The molecule has 2 aromatic carbocycles. The zero-order valence-electron chi connectivity index (χ0n) is 14.3. The highest BCUT2D eigenvalue weighted by Gasteiger charge is 2.30. The van der Waals surface area contributed by atoms with E-state index in [-0.39, 0.29) is 5.91 Å². The highest BCUT2D eigenvalue weighted by molar-refractivity contribution is 6.30. The third-order valence-corrected chi connectivity index (χ3v) is 4.84. The maximum Gasteiger partial charge on any atom is 0.262 e. The first-order chi connectivity index (χ1) is 12.7. The average molecular weight is 368 g/mol. The molecule has 2 heterocycles. The van der Waals surface area contributed by atoms with E-state index in [4.69, 9.17) is 16.3 Å². The number of hydrogen-bond donors (Lipinski definition) is 1. The predicted octanol–water partition coefficient (Wildman–Crippen LogP) is 3.40. The molecule has 5 nitrogen and oxygen atoms in total. The first kappa shape index (κ1) is 16.7. The van der Waals surface area contributed by atoms with Gasteiger partial charge < -0.3 is 15.0 Å². The lowest BCUT2D eigenvalue weighted by Crippen LogP contribution is -2.48. The first-order valence-electron chi connectivity index (χ1n) is 8.42. The fraction of sp³-hybridized carbons (Fsp3) is 0.200. The van der Waals surface area contributed by atoms with Gasteiger partial charge in [-0.1, -0.05) is 41.9 Å². The Labute approximate surface area is 156 Å². The molecule has 0 fully saturated rings. The molecule has 1 aliphatic heterocycles. The Bertz CT molecular complexity index is 976. The molecule has 0 aliphatic carbocycles. The van der Waals surface area contributed by atoms with Gasteiger partial charge in [0, 0.05) is 24.5 Å². The van der Waals surface area contributed by atoms with E-state index in [0.29, 0.717) is 24.0 Å². The van der Waals surface area contributed by atoms with Crippen LogP contribution in [0.25, 0.3) is 10.9 Å². The van der Waals surface area contributed by atoms with Gasteiger partial charge in [0.2, 0.25) is 0 Å². The van der Waals surface area contributed by atoms with Crippen molar-refractivity contribution in [3.63, 3.8) is 0 Å². The van der Waals surface area contributed by atoms with E-state index in [9.17, 15) is 4.79 Å². The van der Waals surface area contributed by atoms with Gasteiger partial charge in [-0.15, -0.1) is 0 Å². The van der Waals surface area contributed by atoms with E-state index in [1.54, 1.807) is 7.05 Å². The molecular weight excluding hydrogens is 350 g/mol. The third-order valence-electron chi connectivity index (χ3n) is 4.51. The van der Waals surface area contributed by atoms with Gasteiger partial charge in [-0.2, -0.15) is 0 Å². The zero-order valence-corrected chi connectivity index (χ0v) is 15.0. The van der Waals surface area contributed by atoms with Gasteiger partial charge in [0.05, 0.1) is 17.7 Å². The summed E-state index contributed by atoms with van der Waals surface area (Å²) in [7, 11) is 1.61. The summed E-state index contributed by atoms with van der Waals surface area (Å²) in [5, 5.41) is 4.17. The summed E-state index contributed by atoms with van der Waals surface area (Å²) in [5.41, 5.74) is 2.72. The zero-order chi connectivity index (χ0) is 18.1. The Morgan fingerprint density at radius 2 is 2.04 bits per heavy atom. The second kappa shape index (κ2) is 6.84. The van der Waals surface area contributed by atoms with Crippen molar-refractivity contribution < 1.29 is 9.53 Å². The van der Waals surface area contributed by atoms with Crippen molar-refractivity contribution >= 4 is 34.1 Å². The van der Waals surface area contributed by atoms with Crippen LogP contribution in [0.1, 0.15) is 5.56 Å². The van der Waals surface area contributed by atoms with E-state index in [1.807, 2.05) is 48.5 Å². The lowest BCUT2D eigenvalue weighted by atomic mass is 10.1. The normalized spacial score (nSPS) is 16.1. The van der Waals surface area contributed by atoms with Crippen LogP contribution in [0.4, 0.5) is 5.69 Å². The van der Waals surface area contributed by atoms with E-state index < -0.39 is 6.10 Å². The molecule has 0 radical (unpaired) electrons. The van der Waals surface area contributed by atoms with Crippen LogP contribution >= 0.6 is 11.6 Å². The molecule has 4 rings (SSSR count). The van der Waals surface area contributed by atoms with Crippen LogP contribution in [-0.4, -0.2) is 30.6 Å². The number of hydrogen-bond acceptors (Lipinski definition) is 4. The van der Waals surface area contributed by atoms with E-state index in [0.717, 1.165) is 22.2 Å². The van der Waals surface area contributed by atoms with Crippen LogP contribution in [-0.2, 0) is 11.3 Å². The number of likely N-dealkylation sites (N-methyl/N-ethyl adjacent to an activating group) is 1. The summed E-state index contributed by atoms with van der Waals surface area (Å²) in [6, 6.07) is 17.6. The molecule has 0 saturated carbocycles. The van der Waals surface area contributed by atoms with Crippen LogP contribution in [0.2, 0.25) is 5.15 Å². The van der Waals surface area contributed by atoms with Gasteiger partial charge in [-0.05, 0) is 24.3 Å². The number of fused-ring (bicyclic) bond motifs is 2. The van der Waals surface area contributed by atoms with Crippen LogP contribution < -0.4 is 15.0 Å². The minimum Gasteiger partial charge on any atom is -0.477 e. The highest BCUT2D eigenvalue weighted by atomic mass is 35.5. The second-order valence-electron chi connectivity index (χ2n) is 6.20. The number of nitrogens with one attached hydrogen (secondary N) is 1. The third kappa shape index (κ3) is 3.06. The van der Waals surface area contributed by atoms with E-state index in [1.165, 1.54) is 0 Å². The Kier molecular flexibility index (Phi) is 4.39. The molecule has 1 aliphatic rings. The molecule has 3 aromatic rings. The molecule has 6 heteroatoms. The number of nitrogens with zero attached hydrogens (tertiary/aromatic N) is 2. The summed E-state index contributed by atoms with van der Waals surface area (Å²) < 4.78 is 5.85. The minimum atomic E-state index is -0.568. The lowest BCUT2D eigenvalue weighted by Gasteiger charge is -2.35. The molecule has 0 bridgehead atoms. The standard InChI is InChI=1S/C20H18ClN3O2/c1-22-20(25)18-12-24(16-8-4-5-9-17(16)26-18)11-14-10-13-6-2-3-7-15(13)23-19(14)21/h2-10,18H,11-12H2,1H3,(H,22,25)/t18-/m0/s1. The van der Waals surface area contributed by atoms with E-state index >= 15 is 0 Å². The monoisotopic (exact) mass is 367 g/mol. The quantitative estimate of drug-likeness (QED) is 0.721. The van der Waals surface area contributed by atoms with Crippen LogP contribution in [0.15, 0.2) is 54.6 Å². The molecular formula is C20H18ClN3O2. The summed E-state index contributed by atoms with van der Waals surface area (Å²) in [6.07, 6.45) is -0.568. The highest BCUT2D eigenvalue weighted by Crippen LogP contribution is 2.35. The molecule has 1 atom stereocenters. The number of para-hydroxylation sites is 3. The number of halogens is 1. The number of anilines is 1. The minimum absolute atomic E-state index is 0.146. The first-order valence-corrected chi connectivity index (χ1v) is 8.80. The fourth-order valence-corrected chi connectivity index (χ4v) is 3.41. The molecule has 26 heavy (non-hydrogen) atoms. The number of ether oxygens (including phenoxy) is 1. The summed E-state index contributed by atoms with van der Waals surface area (Å²) >= 11 is 6.43. The van der Waals surface area contributed by atoms with Crippen molar-refractivity contribution in [2.24, 2.45) is 0 Å². The largest absolute Gasteiger partial charge is 0.477 e. The van der Waals surface area contributed by atoms with Gasteiger partial charge >= 0.3 is 0 Å². The number of pyridine rings is 1. The topological polar surface area (TPSA) is 54.5 Å². The molecule has 1 amide bonds. The number of carbonyl (C=O) groups is 1. The molecule has 0 saturated heterocycles. The second-order valence-corrected chi connectivity index (χ2v) is 6.56. The van der Waals surface area contributed by atoms with Gasteiger partial charge in [0.1, 0.15) is 10.9 Å². The lowest BCUT2D eigenvalue weighted by molar-refractivity contribution is -0.127. The predicted molar refractivity (Wildman–Crippen MR) is 103 cm³/mol. The van der Waals surface area contributed by atoms with Crippen molar-refractivity contribution in [2.45, 2.75) is 12.6 Å². The van der Waals surface area contributed by atoms with Crippen molar-refractivity contribution in [1.82, 2.24) is 10.3 Å². The number of rotatable bonds is 3. The maximum absolute atomic E-state index is 12.1. The van der Waals surface area contributed by atoms with Crippen LogP contribution in [0.3, 0.4) is 0 Å². The Morgan fingerprint density at radius 3 is 2.88 bits per heavy atom. The maximum atomic E-state index is 12.1. The molecule has 1 N–H and O–H groups in total. The number of amides is 1. The Hall–Kier alpha value is -2.79. The summed E-state index contributed by atoms with van der Waals surface area (Å²) in [5.74, 6) is 0.546. The van der Waals surface area contributed by atoms with Gasteiger partial charge in [-0.25, -0.2) is 4.98 Å². The van der Waals surface area contributed by atoms with Gasteiger partial charge in [-0.3, -0.25) is 4.79 Å². The smallest absolute Gasteiger partial charge is 0.262 e. The van der Waals surface area contributed by atoms with Crippen molar-refractivity contribution in [3.05, 3.63) is 65.3 Å². The van der Waals surface area contributed by atoms with Gasteiger partial charge in [0.25, 0.3) is 5.91 Å². The van der Waals surface area contributed by atoms with Gasteiger partial charge in [0.15, 0.2) is 6.10 Å². The molecule has 0 unspecified atom stereocenters. The average Bonchev–Trinajstić information content (AvgIpc) is 2.67. The van der Waals surface area contributed by atoms with Crippen LogP contribution in [0.5, 0.6) is 5.75 Å². The molecule has 0 spiro atoms. The number of aromatic nitrogens is 1. The van der Waals surface area contributed by atoms with Crippen molar-refractivity contribution in [1.29, 1.82) is 0 Å². The fourth-order valence-electron chi connectivity index (χ4n) is 3.21. The molecule has 132 valence electrons. The summed E-state index contributed by atoms with van der Waals surface area (Å²) in [4.78, 5) is 18.7. The Balaban J connectivity index is 1.70. The Morgan fingerprint density at radius 1 is 1.27 bits per heavy atom. The van der Waals surface area contributed by atoms with E-state index in [2.05, 4.69) is 21.3 Å². The number of carbonyl (C=O) groups excluding carboxylic acids is 1. The SMILES string of the molecule is CNC(=O)[C@@H]1CN(Cc2cc3ccccc3nc2Cl)c2ccccc2O1.